The van der Waals surface area contributed by atoms with Crippen LogP contribution in [0.3, 0.4) is 0 Å². The first-order chi connectivity index (χ1) is 16.1. The van der Waals surface area contributed by atoms with E-state index >= 15 is 0 Å². The second-order valence-corrected chi connectivity index (χ2v) is 8.81. The molecule has 0 radical (unpaired) electrons. The molecule has 1 fully saturated rings. The third-order valence-corrected chi connectivity index (χ3v) is 6.23. The second kappa shape index (κ2) is 9.16. The van der Waals surface area contributed by atoms with Crippen molar-refractivity contribution >= 4 is 16.7 Å². The molecule has 1 saturated heterocycles. The zero-order valence-corrected chi connectivity index (χ0v) is 19.1. The smallest absolute Gasteiger partial charge is 0.254 e. The standard InChI is InChI=1S/C27H28N4O2/c1-19-12-20(2)31(29-19)25-8-5-7-22(14-25)27(32)30-10-11-33-18-21(17-30)13-24-16-28-15-23-6-3-4-9-26(23)24/h3-9,12,14-16,21H,10-11,13,17-18H2,1-2H3/t21-/m1/s1. The first-order valence-electron chi connectivity index (χ1n) is 11.4. The SMILES string of the molecule is Cc1cc(C)n(-c2cccc(C(=O)N3CCOC[C@H](Cc4cncc5ccccc45)C3)c2)n1. The molecule has 0 aliphatic carbocycles. The van der Waals surface area contributed by atoms with Gasteiger partial charge < -0.3 is 9.64 Å². The Morgan fingerprint density at radius 3 is 2.82 bits per heavy atom. The molecule has 6 nitrogen and oxygen atoms in total. The van der Waals surface area contributed by atoms with Crippen LogP contribution in [0.2, 0.25) is 0 Å². The number of amides is 1. The van der Waals surface area contributed by atoms with Crippen LogP contribution in [0.15, 0.2) is 67.0 Å². The maximum absolute atomic E-state index is 13.5. The van der Waals surface area contributed by atoms with Crippen molar-refractivity contribution in [3.05, 3.63) is 89.5 Å². The van der Waals surface area contributed by atoms with Crippen LogP contribution in [-0.2, 0) is 11.2 Å². The molecule has 0 unspecified atom stereocenters. The minimum atomic E-state index is 0.0323. The zero-order chi connectivity index (χ0) is 22.8. The molecular weight excluding hydrogens is 412 g/mol. The van der Waals surface area contributed by atoms with Gasteiger partial charge in [0.15, 0.2) is 0 Å². The number of rotatable bonds is 4. The fraction of sp³-hybridized carbons (Fsp3) is 0.296. The Bertz CT molecular complexity index is 1290. The number of pyridine rings is 1. The normalized spacial score (nSPS) is 16.7. The second-order valence-electron chi connectivity index (χ2n) is 8.81. The molecule has 6 heteroatoms. The maximum Gasteiger partial charge on any atom is 0.254 e. The minimum absolute atomic E-state index is 0.0323. The van der Waals surface area contributed by atoms with E-state index in [1.165, 1.54) is 10.9 Å². The number of aromatic nitrogens is 3. The number of fused-ring (bicyclic) bond motifs is 1. The van der Waals surface area contributed by atoms with E-state index < -0.39 is 0 Å². The molecule has 0 N–H and O–H groups in total. The summed E-state index contributed by atoms with van der Waals surface area (Å²) in [4.78, 5) is 19.8. The molecule has 0 saturated carbocycles. The summed E-state index contributed by atoms with van der Waals surface area (Å²) in [6.07, 6.45) is 4.66. The summed E-state index contributed by atoms with van der Waals surface area (Å²) in [6, 6.07) is 18.1. The van der Waals surface area contributed by atoms with Gasteiger partial charge in [0.1, 0.15) is 0 Å². The Hall–Kier alpha value is -3.51. The number of benzene rings is 2. The van der Waals surface area contributed by atoms with E-state index in [1.807, 2.05) is 72.2 Å². The summed E-state index contributed by atoms with van der Waals surface area (Å²) in [5.74, 6) is 0.244. The van der Waals surface area contributed by atoms with E-state index in [9.17, 15) is 4.79 Å². The number of carbonyl (C=O) groups is 1. The molecule has 4 aromatic rings. The van der Waals surface area contributed by atoms with Gasteiger partial charge in [-0.05, 0) is 55.5 Å². The maximum atomic E-state index is 13.5. The first kappa shape index (κ1) is 21.3. The molecule has 2 aromatic heterocycles. The Morgan fingerprint density at radius 1 is 1.09 bits per heavy atom. The van der Waals surface area contributed by atoms with E-state index in [-0.39, 0.29) is 11.8 Å². The minimum Gasteiger partial charge on any atom is -0.379 e. The number of carbonyl (C=O) groups excluding carboxylic acids is 1. The van der Waals surface area contributed by atoms with Crippen LogP contribution >= 0.6 is 0 Å². The molecule has 2 aromatic carbocycles. The molecule has 0 spiro atoms. The highest BCUT2D eigenvalue weighted by Crippen LogP contribution is 2.23. The van der Waals surface area contributed by atoms with Crippen molar-refractivity contribution < 1.29 is 9.53 Å². The van der Waals surface area contributed by atoms with Gasteiger partial charge in [0.25, 0.3) is 5.91 Å². The van der Waals surface area contributed by atoms with Gasteiger partial charge in [0.05, 0.1) is 24.6 Å². The van der Waals surface area contributed by atoms with Gasteiger partial charge in [-0.1, -0.05) is 30.3 Å². The number of ether oxygens (including phenoxy) is 1. The van der Waals surface area contributed by atoms with Crippen molar-refractivity contribution in [3.63, 3.8) is 0 Å². The van der Waals surface area contributed by atoms with Crippen molar-refractivity contribution in [3.8, 4) is 5.69 Å². The largest absolute Gasteiger partial charge is 0.379 e. The third kappa shape index (κ3) is 4.52. The lowest BCUT2D eigenvalue weighted by molar-refractivity contribution is 0.0737. The van der Waals surface area contributed by atoms with E-state index in [1.54, 1.807) is 0 Å². The molecule has 1 amide bonds. The number of hydrogen-bond donors (Lipinski definition) is 0. The third-order valence-electron chi connectivity index (χ3n) is 6.23. The fourth-order valence-electron chi connectivity index (χ4n) is 4.68. The van der Waals surface area contributed by atoms with Crippen LogP contribution in [0.1, 0.15) is 27.3 Å². The summed E-state index contributed by atoms with van der Waals surface area (Å²) in [5.41, 5.74) is 4.77. The van der Waals surface area contributed by atoms with Gasteiger partial charge in [-0.2, -0.15) is 5.10 Å². The predicted octanol–water partition coefficient (Wildman–Crippen LogP) is 4.37. The lowest BCUT2D eigenvalue weighted by Crippen LogP contribution is -2.36. The first-order valence-corrected chi connectivity index (χ1v) is 11.4. The van der Waals surface area contributed by atoms with Crippen LogP contribution in [0.5, 0.6) is 0 Å². The van der Waals surface area contributed by atoms with Crippen molar-refractivity contribution in [2.75, 3.05) is 26.3 Å². The van der Waals surface area contributed by atoms with Gasteiger partial charge in [0.2, 0.25) is 0 Å². The van der Waals surface area contributed by atoms with Gasteiger partial charge in [-0.3, -0.25) is 9.78 Å². The lowest BCUT2D eigenvalue weighted by atomic mass is 9.96. The Labute approximate surface area is 193 Å². The predicted molar refractivity (Wildman–Crippen MR) is 129 cm³/mol. The molecule has 5 rings (SSSR count). The van der Waals surface area contributed by atoms with Gasteiger partial charge in [-0.15, -0.1) is 0 Å². The molecule has 1 atom stereocenters. The van der Waals surface area contributed by atoms with Gasteiger partial charge in [-0.25, -0.2) is 4.68 Å². The highest BCUT2D eigenvalue weighted by atomic mass is 16.5. The summed E-state index contributed by atoms with van der Waals surface area (Å²) in [7, 11) is 0. The van der Waals surface area contributed by atoms with Crippen LogP contribution in [0.4, 0.5) is 0 Å². The molecule has 168 valence electrons. The molecular formula is C27H28N4O2. The van der Waals surface area contributed by atoms with E-state index in [0.29, 0.717) is 31.9 Å². The van der Waals surface area contributed by atoms with Crippen molar-refractivity contribution in [1.29, 1.82) is 0 Å². The van der Waals surface area contributed by atoms with E-state index in [0.717, 1.165) is 28.9 Å². The summed E-state index contributed by atoms with van der Waals surface area (Å²) >= 11 is 0. The average molecular weight is 441 g/mol. The average Bonchev–Trinajstić information content (AvgIpc) is 3.02. The quantitative estimate of drug-likeness (QED) is 0.473. The number of nitrogens with zero attached hydrogens (tertiary/aromatic N) is 4. The molecule has 1 aliphatic rings. The molecule has 1 aliphatic heterocycles. The summed E-state index contributed by atoms with van der Waals surface area (Å²) < 4.78 is 7.77. The number of aryl methyl sites for hydroxylation is 2. The summed E-state index contributed by atoms with van der Waals surface area (Å²) in [6.45, 7) is 6.43. The topological polar surface area (TPSA) is 60.2 Å². The van der Waals surface area contributed by atoms with E-state index in [2.05, 4.69) is 28.3 Å². The highest BCUT2D eigenvalue weighted by molar-refractivity contribution is 5.94. The van der Waals surface area contributed by atoms with Crippen LogP contribution in [-0.4, -0.2) is 51.9 Å². The Morgan fingerprint density at radius 2 is 1.97 bits per heavy atom. The summed E-state index contributed by atoms with van der Waals surface area (Å²) in [5, 5.41) is 6.91. The van der Waals surface area contributed by atoms with Crippen LogP contribution in [0, 0.1) is 19.8 Å². The Balaban J connectivity index is 1.36. The van der Waals surface area contributed by atoms with Crippen LogP contribution in [0.25, 0.3) is 16.5 Å². The van der Waals surface area contributed by atoms with Crippen molar-refractivity contribution in [1.82, 2.24) is 19.7 Å². The van der Waals surface area contributed by atoms with Crippen LogP contribution < -0.4 is 0 Å². The molecule has 33 heavy (non-hydrogen) atoms. The Kier molecular flexibility index (Phi) is 5.92. The number of hydrogen-bond acceptors (Lipinski definition) is 4. The monoisotopic (exact) mass is 440 g/mol. The zero-order valence-electron chi connectivity index (χ0n) is 19.1. The van der Waals surface area contributed by atoms with Gasteiger partial charge in [0, 0.05) is 48.0 Å². The lowest BCUT2D eigenvalue weighted by Gasteiger charge is -2.24. The molecule has 3 heterocycles. The van der Waals surface area contributed by atoms with E-state index in [4.69, 9.17) is 4.74 Å². The fourth-order valence-corrected chi connectivity index (χ4v) is 4.68. The molecule has 0 bridgehead atoms. The van der Waals surface area contributed by atoms with Crippen molar-refractivity contribution in [2.24, 2.45) is 5.92 Å². The highest BCUT2D eigenvalue weighted by Gasteiger charge is 2.24. The van der Waals surface area contributed by atoms with Crippen molar-refractivity contribution in [2.45, 2.75) is 20.3 Å². The van der Waals surface area contributed by atoms with Gasteiger partial charge >= 0.3 is 0 Å².